The van der Waals surface area contributed by atoms with E-state index >= 15 is 0 Å². The van der Waals surface area contributed by atoms with Crippen molar-refractivity contribution in [2.45, 2.75) is 25.2 Å². The monoisotopic (exact) mass is 384 g/mol. The number of amides is 1. The van der Waals surface area contributed by atoms with Crippen molar-refractivity contribution in [2.24, 2.45) is 0 Å². The van der Waals surface area contributed by atoms with E-state index in [1.54, 1.807) is 6.07 Å². The van der Waals surface area contributed by atoms with E-state index in [1.807, 2.05) is 50.2 Å². The zero-order valence-corrected chi connectivity index (χ0v) is 16.5. The van der Waals surface area contributed by atoms with E-state index < -0.39 is 0 Å². The van der Waals surface area contributed by atoms with E-state index in [-0.39, 0.29) is 5.91 Å². The molecule has 0 aliphatic carbocycles. The van der Waals surface area contributed by atoms with Crippen LogP contribution in [0.15, 0.2) is 47.4 Å². The Kier molecular flexibility index (Phi) is 8.53. The minimum atomic E-state index is -0.132. The zero-order chi connectivity index (χ0) is 19.5. The van der Waals surface area contributed by atoms with Crippen LogP contribution >= 0.6 is 11.8 Å². The lowest BCUT2D eigenvalue weighted by Gasteiger charge is -2.13. The summed E-state index contributed by atoms with van der Waals surface area (Å²) in [5.74, 6) is 1.64. The van der Waals surface area contributed by atoms with Crippen LogP contribution in [0, 0.1) is 11.3 Å². The maximum atomic E-state index is 12.5. The Morgan fingerprint density at radius 2 is 1.85 bits per heavy atom. The van der Waals surface area contributed by atoms with E-state index in [9.17, 15) is 4.79 Å². The largest absolute Gasteiger partial charge is 0.490 e. The summed E-state index contributed by atoms with van der Waals surface area (Å²) >= 11 is 1.37. The molecule has 2 aromatic rings. The number of carbonyl (C=O) groups is 1. The fourth-order valence-electron chi connectivity index (χ4n) is 2.56. The molecule has 0 unspecified atom stereocenters. The zero-order valence-electron chi connectivity index (χ0n) is 15.7. The van der Waals surface area contributed by atoms with Gasteiger partial charge in [-0.1, -0.05) is 18.2 Å². The van der Waals surface area contributed by atoms with Crippen LogP contribution < -0.4 is 14.8 Å². The number of hydrogen-bond donors (Lipinski definition) is 1. The second-order valence-corrected chi connectivity index (χ2v) is 6.61. The predicted octanol–water partition coefficient (Wildman–Crippen LogP) is 4.07. The van der Waals surface area contributed by atoms with E-state index in [0.717, 1.165) is 22.0 Å². The lowest BCUT2D eigenvalue weighted by Crippen LogP contribution is -2.26. The fraction of sp³-hybridized carbons (Fsp3) is 0.333. The molecule has 1 N–H and O–H groups in total. The van der Waals surface area contributed by atoms with Crippen LogP contribution in [0.3, 0.4) is 0 Å². The molecule has 0 saturated heterocycles. The van der Waals surface area contributed by atoms with Crippen LogP contribution in [-0.2, 0) is 6.42 Å². The molecule has 6 heteroatoms. The summed E-state index contributed by atoms with van der Waals surface area (Å²) in [7, 11) is 0. The lowest BCUT2D eigenvalue weighted by molar-refractivity contribution is 0.0951. The van der Waals surface area contributed by atoms with Gasteiger partial charge in [0.2, 0.25) is 0 Å². The summed E-state index contributed by atoms with van der Waals surface area (Å²) < 4.78 is 11.2. The van der Waals surface area contributed by atoms with E-state index in [4.69, 9.17) is 14.7 Å². The number of thioether (sulfide) groups is 1. The first-order chi connectivity index (χ1) is 13.2. The van der Waals surface area contributed by atoms with Crippen molar-refractivity contribution >= 4 is 17.7 Å². The van der Waals surface area contributed by atoms with Crippen LogP contribution in [0.5, 0.6) is 11.5 Å². The molecule has 0 heterocycles. The molecule has 2 aromatic carbocycles. The fourth-order valence-corrected chi connectivity index (χ4v) is 3.27. The van der Waals surface area contributed by atoms with Crippen LogP contribution in [0.4, 0.5) is 0 Å². The van der Waals surface area contributed by atoms with E-state index in [2.05, 4.69) is 11.4 Å². The lowest BCUT2D eigenvalue weighted by atomic mass is 10.1. The number of carbonyl (C=O) groups excluding carboxylic acids is 1. The van der Waals surface area contributed by atoms with Gasteiger partial charge >= 0.3 is 0 Å². The number of benzene rings is 2. The maximum absolute atomic E-state index is 12.5. The predicted molar refractivity (Wildman–Crippen MR) is 108 cm³/mol. The maximum Gasteiger partial charge on any atom is 0.252 e. The van der Waals surface area contributed by atoms with Crippen molar-refractivity contribution in [2.75, 3.05) is 25.5 Å². The molecule has 0 bridgehead atoms. The van der Waals surface area contributed by atoms with Crippen molar-refractivity contribution < 1.29 is 14.3 Å². The molecule has 0 saturated carbocycles. The molecule has 2 rings (SSSR count). The molecular weight excluding hydrogens is 360 g/mol. The molecule has 5 nitrogen and oxygen atoms in total. The average molecular weight is 385 g/mol. The molecule has 0 atom stereocenters. The highest BCUT2D eigenvalue weighted by molar-refractivity contribution is 7.99. The van der Waals surface area contributed by atoms with E-state index in [1.165, 1.54) is 11.8 Å². The first kappa shape index (κ1) is 20.7. The van der Waals surface area contributed by atoms with Gasteiger partial charge in [0.05, 0.1) is 30.6 Å². The Hall–Kier alpha value is -2.65. The first-order valence-corrected chi connectivity index (χ1v) is 9.93. The SMILES string of the molecule is CCOc1ccc(CCNC(=O)c2ccccc2SCC#N)cc1OCC. The van der Waals surface area contributed by atoms with E-state index in [0.29, 0.717) is 37.5 Å². The Morgan fingerprint density at radius 3 is 2.59 bits per heavy atom. The third-order valence-corrected chi connectivity index (χ3v) is 4.67. The van der Waals surface area contributed by atoms with Gasteiger partial charge in [0.15, 0.2) is 11.5 Å². The number of nitrogens with zero attached hydrogens (tertiary/aromatic N) is 1. The second kappa shape index (κ2) is 11.1. The topological polar surface area (TPSA) is 71.3 Å². The highest BCUT2D eigenvalue weighted by atomic mass is 32.2. The summed E-state index contributed by atoms with van der Waals surface area (Å²) in [6.45, 7) is 5.53. The van der Waals surface area contributed by atoms with Gasteiger partial charge in [-0.2, -0.15) is 5.26 Å². The summed E-state index contributed by atoms with van der Waals surface area (Å²) in [6, 6.07) is 15.3. The molecule has 0 spiro atoms. The van der Waals surface area contributed by atoms with Gasteiger partial charge < -0.3 is 14.8 Å². The van der Waals surface area contributed by atoms with Crippen molar-refractivity contribution in [3.63, 3.8) is 0 Å². The third kappa shape index (κ3) is 6.22. The third-order valence-electron chi connectivity index (χ3n) is 3.73. The summed E-state index contributed by atoms with van der Waals surface area (Å²) in [4.78, 5) is 13.3. The van der Waals surface area contributed by atoms with Gasteiger partial charge in [-0.15, -0.1) is 11.8 Å². The number of nitrogens with one attached hydrogen (secondary N) is 1. The Bertz CT molecular complexity index is 802. The highest BCUT2D eigenvalue weighted by Crippen LogP contribution is 2.28. The molecule has 0 aliphatic rings. The van der Waals surface area contributed by atoms with Crippen molar-refractivity contribution in [3.8, 4) is 17.6 Å². The van der Waals surface area contributed by atoms with Gasteiger partial charge in [0.25, 0.3) is 5.91 Å². The number of nitriles is 1. The molecular formula is C21H24N2O3S. The number of hydrogen-bond acceptors (Lipinski definition) is 5. The van der Waals surface area contributed by atoms with Gasteiger partial charge in [-0.05, 0) is 50.1 Å². The summed E-state index contributed by atoms with van der Waals surface area (Å²) in [5, 5.41) is 11.7. The standard InChI is InChI=1S/C21H24N2O3S/c1-3-25-18-10-9-16(15-19(18)26-4-2)11-13-23-21(24)17-7-5-6-8-20(17)27-14-12-22/h5-10,15H,3-4,11,13-14H2,1-2H3,(H,23,24). The molecule has 1 amide bonds. The normalized spacial score (nSPS) is 10.1. The summed E-state index contributed by atoms with van der Waals surface area (Å²) in [5.41, 5.74) is 1.66. The van der Waals surface area contributed by atoms with Crippen LogP contribution in [0.25, 0.3) is 0 Å². The van der Waals surface area contributed by atoms with Crippen molar-refractivity contribution in [3.05, 3.63) is 53.6 Å². The molecule has 0 aromatic heterocycles. The van der Waals surface area contributed by atoms with Crippen LogP contribution in [-0.4, -0.2) is 31.4 Å². The van der Waals surface area contributed by atoms with Gasteiger partial charge in [-0.3, -0.25) is 4.79 Å². The average Bonchev–Trinajstić information content (AvgIpc) is 2.68. The van der Waals surface area contributed by atoms with Gasteiger partial charge in [0, 0.05) is 11.4 Å². The second-order valence-electron chi connectivity index (χ2n) is 5.60. The van der Waals surface area contributed by atoms with Crippen LogP contribution in [0.2, 0.25) is 0 Å². The highest BCUT2D eigenvalue weighted by Gasteiger charge is 2.11. The number of ether oxygens (including phenoxy) is 2. The van der Waals surface area contributed by atoms with Gasteiger partial charge in [0.1, 0.15) is 0 Å². The smallest absolute Gasteiger partial charge is 0.252 e. The Balaban J connectivity index is 1.97. The number of rotatable bonds is 10. The van der Waals surface area contributed by atoms with Crippen molar-refractivity contribution in [1.29, 1.82) is 5.26 Å². The Morgan fingerprint density at radius 1 is 1.11 bits per heavy atom. The van der Waals surface area contributed by atoms with Crippen LogP contribution in [0.1, 0.15) is 29.8 Å². The summed E-state index contributed by atoms with van der Waals surface area (Å²) in [6.07, 6.45) is 0.686. The van der Waals surface area contributed by atoms with Gasteiger partial charge in [-0.25, -0.2) is 0 Å². The molecule has 27 heavy (non-hydrogen) atoms. The molecule has 0 aliphatic heterocycles. The van der Waals surface area contributed by atoms with Crippen molar-refractivity contribution in [1.82, 2.24) is 5.32 Å². The molecule has 0 radical (unpaired) electrons. The minimum absolute atomic E-state index is 0.132. The quantitative estimate of drug-likeness (QED) is 0.625. The first-order valence-electron chi connectivity index (χ1n) is 8.95. The minimum Gasteiger partial charge on any atom is -0.490 e. The molecule has 142 valence electrons. The molecule has 0 fully saturated rings. The Labute approximate surface area is 164 Å².